The number of aromatic nitrogens is 1. The topological polar surface area (TPSA) is 65.0 Å². The SMILES string of the molecule is COc1cc2cc(C)n(-c3ccc(N4CCC(CCCNC(=O)OCc5ccccc5)CC4)cc3)c2cc1OC. The Morgan fingerprint density at radius 1 is 0.900 bits per heavy atom. The number of amides is 1. The van der Waals surface area contributed by atoms with E-state index in [0.717, 1.165) is 65.3 Å². The van der Waals surface area contributed by atoms with Crippen LogP contribution in [0.5, 0.6) is 11.5 Å². The molecule has 3 aromatic carbocycles. The molecule has 0 radical (unpaired) electrons. The van der Waals surface area contributed by atoms with Crippen LogP contribution in [0.4, 0.5) is 10.5 Å². The number of ether oxygens (including phenoxy) is 3. The third-order valence-corrected chi connectivity index (χ3v) is 7.85. The lowest BCUT2D eigenvalue weighted by atomic mass is 9.92. The summed E-state index contributed by atoms with van der Waals surface area (Å²) >= 11 is 0. The molecule has 0 saturated carbocycles. The Bertz CT molecular complexity index is 1410. The molecule has 0 spiro atoms. The Labute approximate surface area is 236 Å². The maximum atomic E-state index is 12.0. The minimum Gasteiger partial charge on any atom is -0.493 e. The number of hydrogen-bond donors (Lipinski definition) is 1. The second kappa shape index (κ2) is 12.8. The first kappa shape index (κ1) is 27.4. The van der Waals surface area contributed by atoms with Gasteiger partial charge in [-0.25, -0.2) is 4.79 Å². The third-order valence-electron chi connectivity index (χ3n) is 7.85. The van der Waals surface area contributed by atoms with Gasteiger partial charge in [0.1, 0.15) is 6.61 Å². The molecule has 0 bridgehead atoms. The fraction of sp³-hybridized carbons (Fsp3) is 0.364. The first-order valence-electron chi connectivity index (χ1n) is 14.1. The molecule has 210 valence electrons. The standard InChI is InChI=1S/C33H39N3O4/c1-24-20-27-21-31(38-2)32(39-3)22-30(27)36(24)29-13-11-28(12-14-29)35-18-15-25(16-19-35)10-7-17-34-33(37)40-23-26-8-5-4-6-9-26/h4-6,8-9,11-14,20-22,25H,7,10,15-19,23H2,1-3H3,(H,34,37). The Balaban J connectivity index is 1.09. The normalized spacial score (nSPS) is 13.8. The van der Waals surface area contributed by atoms with Crippen LogP contribution in [0.1, 0.15) is 36.9 Å². The quantitative estimate of drug-likeness (QED) is 0.222. The summed E-state index contributed by atoms with van der Waals surface area (Å²) < 4.78 is 18.6. The van der Waals surface area contributed by atoms with Crippen molar-refractivity contribution in [1.82, 2.24) is 9.88 Å². The Morgan fingerprint density at radius 3 is 2.27 bits per heavy atom. The zero-order chi connectivity index (χ0) is 27.9. The van der Waals surface area contributed by atoms with Crippen LogP contribution in [0.25, 0.3) is 16.6 Å². The number of piperidine rings is 1. The van der Waals surface area contributed by atoms with E-state index in [4.69, 9.17) is 14.2 Å². The second-order valence-corrected chi connectivity index (χ2v) is 10.5. The molecule has 1 aliphatic rings. The van der Waals surface area contributed by atoms with E-state index >= 15 is 0 Å². The molecular formula is C33H39N3O4. The van der Waals surface area contributed by atoms with Gasteiger partial charge in [0.15, 0.2) is 11.5 Å². The lowest BCUT2D eigenvalue weighted by Crippen LogP contribution is -2.34. The van der Waals surface area contributed by atoms with E-state index < -0.39 is 0 Å². The van der Waals surface area contributed by atoms with Gasteiger partial charge in [-0.15, -0.1) is 0 Å². The van der Waals surface area contributed by atoms with Gasteiger partial charge in [-0.05, 0) is 80.5 Å². The van der Waals surface area contributed by atoms with Gasteiger partial charge < -0.3 is 29.0 Å². The van der Waals surface area contributed by atoms with Gasteiger partial charge in [0, 0.05) is 48.2 Å². The van der Waals surface area contributed by atoms with Gasteiger partial charge in [0.25, 0.3) is 0 Å². The van der Waals surface area contributed by atoms with Crippen molar-refractivity contribution in [2.75, 3.05) is 38.8 Å². The van der Waals surface area contributed by atoms with Gasteiger partial charge >= 0.3 is 6.09 Å². The van der Waals surface area contributed by atoms with Gasteiger partial charge in [-0.3, -0.25) is 0 Å². The Kier molecular flexibility index (Phi) is 8.79. The van der Waals surface area contributed by atoms with Crippen LogP contribution in [0.2, 0.25) is 0 Å². The Morgan fingerprint density at radius 2 is 1.57 bits per heavy atom. The smallest absolute Gasteiger partial charge is 0.407 e. The van der Waals surface area contributed by atoms with Crippen molar-refractivity contribution in [3.05, 3.63) is 84.1 Å². The number of rotatable bonds is 10. The fourth-order valence-corrected chi connectivity index (χ4v) is 5.66. The summed E-state index contributed by atoms with van der Waals surface area (Å²) in [4.78, 5) is 14.4. The van der Waals surface area contributed by atoms with Crippen molar-refractivity contribution in [3.8, 4) is 17.2 Å². The predicted molar refractivity (Wildman–Crippen MR) is 160 cm³/mol. The number of anilines is 1. The van der Waals surface area contributed by atoms with Crippen molar-refractivity contribution in [2.45, 2.75) is 39.2 Å². The van der Waals surface area contributed by atoms with E-state index in [2.05, 4.69) is 52.0 Å². The summed E-state index contributed by atoms with van der Waals surface area (Å²) in [6, 6.07) is 24.9. The molecule has 1 amide bonds. The maximum Gasteiger partial charge on any atom is 0.407 e. The van der Waals surface area contributed by atoms with Crippen molar-refractivity contribution in [2.24, 2.45) is 5.92 Å². The van der Waals surface area contributed by atoms with Crippen LogP contribution in [0.15, 0.2) is 72.8 Å². The number of carbonyl (C=O) groups is 1. The minimum absolute atomic E-state index is 0.303. The zero-order valence-electron chi connectivity index (χ0n) is 23.7. The molecule has 1 N–H and O–H groups in total. The number of alkyl carbamates (subject to hydrolysis) is 1. The number of hydrogen-bond acceptors (Lipinski definition) is 5. The van der Waals surface area contributed by atoms with Gasteiger partial charge in [-0.1, -0.05) is 30.3 Å². The third kappa shape index (κ3) is 6.36. The number of nitrogens with one attached hydrogen (secondary N) is 1. The van der Waals surface area contributed by atoms with Crippen LogP contribution in [0.3, 0.4) is 0 Å². The van der Waals surface area contributed by atoms with Gasteiger partial charge in [0.05, 0.1) is 19.7 Å². The van der Waals surface area contributed by atoms with Crippen LogP contribution < -0.4 is 19.7 Å². The molecule has 7 nitrogen and oxygen atoms in total. The summed E-state index contributed by atoms with van der Waals surface area (Å²) in [6.45, 7) is 5.19. The molecule has 40 heavy (non-hydrogen) atoms. The number of methoxy groups -OCH3 is 2. The molecule has 1 fully saturated rings. The fourth-order valence-electron chi connectivity index (χ4n) is 5.66. The van der Waals surface area contributed by atoms with Crippen LogP contribution >= 0.6 is 0 Å². The first-order chi connectivity index (χ1) is 19.6. The van der Waals surface area contributed by atoms with E-state index in [0.29, 0.717) is 19.1 Å². The molecule has 1 aliphatic heterocycles. The van der Waals surface area contributed by atoms with Crippen LogP contribution in [0, 0.1) is 12.8 Å². The van der Waals surface area contributed by atoms with E-state index in [1.165, 1.54) is 18.5 Å². The molecule has 1 aromatic heterocycles. The average molecular weight is 542 g/mol. The Hall–Kier alpha value is -4.13. The molecule has 0 aliphatic carbocycles. The highest BCUT2D eigenvalue weighted by molar-refractivity contribution is 5.87. The molecule has 2 heterocycles. The first-order valence-corrected chi connectivity index (χ1v) is 14.1. The minimum atomic E-state index is -0.343. The zero-order valence-corrected chi connectivity index (χ0v) is 23.7. The summed E-state index contributed by atoms with van der Waals surface area (Å²) in [5.41, 5.74) is 5.65. The lowest BCUT2D eigenvalue weighted by molar-refractivity contribution is 0.139. The summed E-state index contributed by atoms with van der Waals surface area (Å²) in [5.74, 6) is 2.16. The maximum absolute atomic E-state index is 12.0. The van der Waals surface area contributed by atoms with Crippen molar-refractivity contribution >= 4 is 22.7 Å². The van der Waals surface area contributed by atoms with E-state index in [1.807, 2.05) is 42.5 Å². The van der Waals surface area contributed by atoms with E-state index in [-0.39, 0.29) is 6.09 Å². The molecule has 1 saturated heterocycles. The lowest BCUT2D eigenvalue weighted by Gasteiger charge is -2.33. The number of benzene rings is 3. The predicted octanol–water partition coefficient (Wildman–Crippen LogP) is 6.88. The molecule has 7 heteroatoms. The number of nitrogens with zero attached hydrogens (tertiary/aromatic N) is 2. The van der Waals surface area contributed by atoms with Crippen molar-refractivity contribution in [1.29, 1.82) is 0 Å². The average Bonchev–Trinajstić information content (AvgIpc) is 3.32. The highest BCUT2D eigenvalue weighted by atomic mass is 16.5. The molecule has 0 atom stereocenters. The number of fused-ring (bicyclic) bond motifs is 1. The highest BCUT2D eigenvalue weighted by Gasteiger charge is 2.20. The summed E-state index contributed by atoms with van der Waals surface area (Å²) in [5, 5.41) is 4.01. The van der Waals surface area contributed by atoms with Crippen LogP contribution in [-0.4, -0.2) is 44.5 Å². The second-order valence-electron chi connectivity index (χ2n) is 10.5. The largest absolute Gasteiger partial charge is 0.493 e. The number of carbonyl (C=O) groups excluding carboxylic acids is 1. The van der Waals surface area contributed by atoms with Crippen molar-refractivity contribution < 1.29 is 19.0 Å². The van der Waals surface area contributed by atoms with Gasteiger partial charge in [0.2, 0.25) is 0 Å². The number of aryl methyl sites for hydroxylation is 1. The molecule has 0 unspecified atom stereocenters. The van der Waals surface area contributed by atoms with E-state index in [1.54, 1.807) is 14.2 Å². The molecule has 5 rings (SSSR count). The molecule has 4 aromatic rings. The van der Waals surface area contributed by atoms with E-state index in [9.17, 15) is 4.79 Å². The summed E-state index contributed by atoms with van der Waals surface area (Å²) in [6.07, 6.45) is 4.09. The van der Waals surface area contributed by atoms with Crippen molar-refractivity contribution in [3.63, 3.8) is 0 Å². The molecular weight excluding hydrogens is 502 g/mol. The highest BCUT2D eigenvalue weighted by Crippen LogP contribution is 2.35. The monoisotopic (exact) mass is 541 g/mol. The van der Waals surface area contributed by atoms with Gasteiger partial charge in [-0.2, -0.15) is 0 Å². The summed E-state index contributed by atoms with van der Waals surface area (Å²) in [7, 11) is 3.34. The van der Waals surface area contributed by atoms with Crippen LogP contribution in [-0.2, 0) is 11.3 Å².